The fourth-order valence-electron chi connectivity index (χ4n) is 4.27. The first-order valence-corrected chi connectivity index (χ1v) is 9.93. The van der Waals surface area contributed by atoms with E-state index < -0.39 is 0 Å². The Morgan fingerprint density at radius 1 is 1.28 bits per heavy atom. The number of halogens is 1. The molecule has 8 heteroatoms. The lowest BCUT2D eigenvalue weighted by Gasteiger charge is -2.29. The molecule has 1 aromatic carbocycles. The van der Waals surface area contributed by atoms with Gasteiger partial charge in [0.1, 0.15) is 0 Å². The molecule has 2 aliphatic heterocycles. The van der Waals surface area contributed by atoms with Crippen LogP contribution < -0.4 is 14.8 Å². The van der Waals surface area contributed by atoms with Crippen LogP contribution in [0.25, 0.3) is 0 Å². The molecule has 0 aliphatic carbocycles. The lowest BCUT2D eigenvalue weighted by Crippen LogP contribution is -2.44. The number of nitrogens with zero attached hydrogens (tertiary/aromatic N) is 3. The van der Waals surface area contributed by atoms with Crippen molar-refractivity contribution in [2.45, 2.75) is 18.9 Å². The van der Waals surface area contributed by atoms with Crippen LogP contribution in [-0.4, -0.2) is 84.0 Å². The highest BCUT2D eigenvalue weighted by Gasteiger charge is 2.42. The molecule has 0 saturated carbocycles. The molecule has 0 bridgehead atoms. The zero-order valence-corrected chi connectivity index (χ0v) is 20.6. The molecule has 1 aromatic rings. The lowest BCUT2D eigenvalue weighted by atomic mass is 9.87. The van der Waals surface area contributed by atoms with Gasteiger partial charge >= 0.3 is 0 Å². The van der Waals surface area contributed by atoms with Crippen LogP contribution in [0.4, 0.5) is 0 Å². The Morgan fingerprint density at radius 3 is 2.62 bits per heavy atom. The van der Waals surface area contributed by atoms with Crippen molar-refractivity contribution in [1.29, 1.82) is 0 Å². The van der Waals surface area contributed by atoms with Gasteiger partial charge < -0.3 is 29.3 Å². The second-order valence-corrected chi connectivity index (χ2v) is 8.00. The second kappa shape index (κ2) is 10.7. The SMILES string of the molecule is CN=C(NCC(c1ccc(OC)c(OC)c1)N(C)C)N1CCC2(CCOC2)C1.I. The van der Waals surface area contributed by atoms with E-state index in [1.807, 2.05) is 13.1 Å². The topological polar surface area (TPSA) is 58.6 Å². The third-order valence-electron chi connectivity index (χ3n) is 6.00. The standard InChI is InChI=1S/C21H34N4O3.HI/c1-22-20(25-10-8-21(14-25)9-11-28-15-21)23-13-17(24(2)3)16-6-7-18(26-4)19(12-16)27-5;/h6-7,12,17H,8-11,13-15H2,1-5H3,(H,22,23);1H. The number of ether oxygens (including phenoxy) is 3. The summed E-state index contributed by atoms with van der Waals surface area (Å²) in [7, 11) is 9.37. The predicted molar refractivity (Wildman–Crippen MR) is 127 cm³/mol. The van der Waals surface area contributed by atoms with Crippen LogP contribution in [0.5, 0.6) is 11.5 Å². The average molecular weight is 518 g/mol. The van der Waals surface area contributed by atoms with Crippen molar-refractivity contribution in [2.24, 2.45) is 10.4 Å². The van der Waals surface area contributed by atoms with Gasteiger partial charge in [-0.25, -0.2) is 0 Å². The van der Waals surface area contributed by atoms with E-state index >= 15 is 0 Å². The van der Waals surface area contributed by atoms with Crippen molar-refractivity contribution in [3.05, 3.63) is 23.8 Å². The molecule has 7 nitrogen and oxygen atoms in total. The number of guanidine groups is 1. The molecule has 0 aromatic heterocycles. The molecule has 2 fully saturated rings. The van der Waals surface area contributed by atoms with Gasteiger partial charge in [-0.1, -0.05) is 6.07 Å². The number of benzene rings is 1. The van der Waals surface area contributed by atoms with Gasteiger partial charge in [0, 0.05) is 38.7 Å². The summed E-state index contributed by atoms with van der Waals surface area (Å²) in [5.41, 5.74) is 1.50. The maximum absolute atomic E-state index is 5.66. The molecule has 2 saturated heterocycles. The molecule has 2 unspecified atom stereocenters. The van der Waals surface area contributed by atoms with Gasteiger partial charge in [-0.2, -0.15) is 0 Å². The summed E-state index contributed by atoms with van der Waals surface area (Å²) in [6.45, 7) is 4.59. The first-order valence-electron chi connectivity index (χ1n) is 9.93. The highest BCUT2D eigenvalue weighted by Crippen LogP contribution is 2.38. The maximum Gasteiger partial charge on any atom is 0.193 e. The molecule has 1 N–H and O–H groups in total. The van der Waals surface area contributed by atoms with Crippen LogP contribution in [0.1, 0.15) is 24.4 Å². The van der Waals surface area contributed by atoms with Crippen LogP contribution >= 0.6 is 24.0 Å². The van der Waals surface area contributed by atoms with E-state index in [1.54, 1.807) is 14.2 Å². The van der Waals surface area contributed by atoms with Crippen LogP contribution in [0.3, 0.4) is 0 Å². The third kappa shape index (κ3) is 5.46. The molecular formula is C21H35IN4O3. The molecule has 3 rings (SSSR count). The van der Waals surface area contributed by atoms with Crippen LogP contribution in [0.2, 0.25) is 0 Å². The first-order chi connectivity index (χ1) is 13.5. The summed E-state index contributed by atoms with van der Waals surface area (Å²) < 4.78 is 16.5. The number of aliphatic imine (C=N–C) groups is 1. The molecule has 0 radical (unpaired) electrons. The second-order valence-electron chi connectivity index (χ2n) is 8.00. The Hall–Kier alpha value is -1.26. The van der Waals surface area contributed by atoms with E-state index in [-0.39, 0.29) is 30.0 Å². The third-order valence-corrected chi connectivity index (χ3v) is 6.00. The van der Waals surface area contributed by atoms with Crippen molar-refractivity contribution in [1.82, 2.24) is 15.1 Å². The fourth-order valence-corrected chi connectivity index (χ4v) is 4.27. The molecule has 164 valence electrons. The smallest absolute Gasteiger partial charge is 0.193 e. The van der Waals surface area contributed by atoms with Crippen molar-refractivity contribution in [2.75, 3.05) is 68.2 Å². The minimum Gasteiger partial charge on any atom is -0.493 e. The number of hydrogen-bond acceptors (Lipinski definition) is 5. The molecule has 2 heterocycles. The molecule has 1 spiro atoms. The highest BCUT2D eigenvalue weighted by atomic mass is 127. The Labute approximate surface area is 191 Å². The summed E-state index contributed by atoms with van der Waals surface area (Å²) in [5, 5.41) is 3.59. The Kier molecular flexibility index (Phi) is 8.84. The first kappa shape index (κ1) is 24.0. The average Bonchev–Trinajstić information content (AvgIpc) is 3.34. The number of likely N-dealkylation sites (tertiary alicyclic amines) is 1. The molecule has 2 atom stereocenters. The Morgan fingerprint density at radius 2 is 2.03 bits per heavy atom. The number of likely N-dealkylation sites (N-methyl/N-ethyl adjacent to an activating group) is 1. The predicted octanol–water partition coefficient (Wildman–Crippen LogP) is 2.61. The van der Waals surface area contributed by atoms with Crippen LogP contribution in [-0.2, 0) is 4.74 Å². The van der Waals surface area contributed by atoms with Crippen molar-refractivity contribution < 1.29 is 14.2 Å². The van der Waals surface area contributed by atoms with E-state index in [1.165, 1.54) is 12.0 Å². The zero-order valence-electron chi connectivity index (χ0n) is 18.2. The number of hydrogen-bond donors (Lipinski definition) is 1. The quantitative estimate of drug-likeness (QED) is 0.355. The van der Waals surface area contributed by atoms with Gasteiger partial charge in [-0.3, -0.25) is 4.99 Å². The summed E-state index contributed by atoms with van der Waals surface area (Å²) >= 11 is 0. The Bertz CT molecular complexity index is 693. The summed E-state index contributed by atoms with van der Waals surface area (Å²) in [6.07, 6.45) is 2.34. The molecule has 2 aliphatic rings. The van der Waals surface area contributed by atoms with Crippen LogP contribution in [0.15, 0.2) is 23.2 Å². The lowest BCUT2D eigenvalue weighted by molar-refractivity contribution is 0.156. The molecular weight excluding hydrogens is 483 g/mol. The van der Waals surface area contributed by atoms with Crippen molar-refractivity contribution >= 4 is 29.9 Å². The monoisotopic (exact) mass is 518 g/mol. The largest absolute Gasteiger partial charge is 0.493 e. The normalized spacial score (nSPS) is 22.7. The van der Waals surface area contributed by atoms with Crippen molar-refractivity contribution in [3.63, 3.8) is 0 Å². The summed E-state index contributed by atoms with van der Waals surface area (Å²) in [6, 6.07) is 6.29. The number of rotatable bonds is 6. The summed E-state index contributed by atoms with van der Waals surface area (Å²) in [4.78, 5) is 9.12. The van der Waals surface area contributed by atoms with E-state index in [0.29, 0.717) is 5.41 Å². The number of nitrogens with one attached hydrogen (secondary N) is 1. The number of methoxy groups -OCH3 is 2. The molecule has 0 amide bonds. The van der Waals surface area contributed by atoms with Gasteiger partial charge in [0.05, 0.1) is 26.9 Å². The van der Waals surface area contributed by atoms with E-state index in [0.717, 1.165) is 56.7 Å². The molecule has 29 heavy (non-hydrogen) atoms. The minimum absolute atomic E-state index is 0. The fraction of sp³-hybridized carbons (Fsp3) is 0.667. The maximum atomic E-state index is 5.66. The van der Waals surface area contributed by atoms with Gasteiger partial charge in [0.2, 0.25) is 0 Å². The van der Waals surface area contributed by atoms with E-state index in [4.69, 9.17) is 14.2 Å². The van der Waals surface area contributed by atoms with Crippen LogP contribution in [0, 0.1) is 5.41 Å². The van der Waals surface area contributed by atoms with Gasteiger partial charge in [-0.15, -0.1) is 24.0 Å². The zero-order chi connectivity index (χ0) is 20.1. The van der Waals surface area contributed by atoms with E-state index in [9.17, 15) is 0 Å². The van der Waals surface area contributed by atoms with Gasteiger partial charge in [-0.05, 0) is 44.6 Å². The Balaban J connectivity index is 0.00000300. The van der Waals surface area contributed by atoms with Gasteiger partial charge in [0.25, 0.3) is 0 Å². The minimum atomic E-state index is 0. The highest BCUT2D eigenvalue weighted by molar-refractivity contribution is 14.0. The van der Waals surface area contributed by atoms with Gasteiger partial charge in [0.15, 0.2) is 17.5 Å². The van der Waals surface area contributed by atoms with E-state index in [2.05, 4.69) is 46.3 Å². The summed E-state index contributed by atoms with van der Waals surface area (Å²) in [5.74, 6) is 2.46. The van der Waals surface area contributed by atoms with Crippen molar-refractivity contribution in [3.8, 4) is 11.5 Å².